The molecule has 0 N–H and O–H groups in total. The predicted octanol–water partition coefficient (Wildman–Crippen LogP) is 3.44. The number of amides is 1. The van der Waals surface area contributed by atoms with Gasteiger partial charge in [-0.25, -0.2) is 4.98 Å². The lowest BCUT2D eigenvalue weighted by molar-refractivity contribution is 0.0991. The monoisotopic (exact) mass is 295 g/mol. The van der Waals surface area contributed by atoms with Gasteiger partial charge < -0.3 is 4.90 Å². The highest BCUT2D eigenvalue weighted by Crippen LogP contribution is 2.37. The smallest absolute Gasteiger partial charge is 0.259 e. The van der Waals surface area contributed by atoms with Crippen molar-refractivity contribution < 1.29 is 4.79 Å². The van der Waals surface area contributed by atoms with E-state index in [1.165, 1.54) is 6.20 Å². The number of benzene rings is 2. The molecule has 2 heterocycles. The lowest BCUT2D eigenvalue weighted by Gasteiger charge is -2.16. The van der Waals surface area contributed by atoms with E-state index in [0.717, 1.165) is 22.0 Å². The number of carbonyl (C=O) groups excluding carboxylic acids is 1. The summed E-state index contributed by atoms with van der Waals surface area (Å²) < 4.78 is 0. The minimum Gasteiger partial charge on any atom is -0.302 e. The van der Waals surface area contributed by atoms with Crippen molar-refractivity contribution in [3.8, 4) is 0 Å². The summed E-state index contributed by atoms with van der Waals surface area (Å²) in [6, 6.07) is 11.7. The third-order valence-corrected chi connectivity index (χ3v) is 3.84. The van der Waals surface area contributed by atoms with Crippen molar-refractivity contribution in [2.75, 3.05) is 4.90 Å². The maximum Gasteiger partial charge on any atom is 0.259 e. The highest BCUT2D eigenvalue weighted by molar-refractivity contribution is 6.29. The second-order valence-electron chi connectivity index (χ2n) is 4.90. The van der Waals surface area contributed by atoms with Crippen LogP contribution in [0.25, 0.3) is 10.8 Å². The Labute approximate surface area is 126 Å². The average Bonchev–Trinajstić information content (AvgIpc) is 2.78. The van der Waals surface area contributed by atoms with E-state index in [4.69, 9.17) is 11.6 Å². The van der Waals surface area contributed by atoms with E-state index < -0.39 is 0 Å². The van der Waals surface area contributed by atoms with Gasteiger partial charge in [0.05, 0.1) is 30.3 Å². The van der Waals surface area contributed by atoms with Gasteiger partial charge in [-0.1, -0.05) is 35.9 Å². The van der Waals surface area contributed by atoms with Gasteiger partial charge in [-0.15, -0.1) is 0 Å². The van der Waals surface area contributed by atoms with Crippen LogP contribution in [0.2, 0.25) is 5.15 Å². The van der Waals surface area contributed by atoms with E-state index in [1.807, 2.05) is 36.4 Å². The molecule has 0 bridgehead atoms. The number of rotatable bonds is 2. The maximum atomic E-state index is 12.6. The minimum atomic E-state index is -0.00134. The number of hydrogen-bond donors (Lipinski definition) is 0. The van der Waals surface area contributed by atoms with Crippen molar-refractivity contribution in [2.24, 2.45) is 0 Å². The topological polar surface area (TPSA) is 46.1 Å². The summed E-state index contributed by atoms with van der Waals surface area (Å²) in [6.45, 7) is 0.386. The van der Waals surface area contributed by atoms with Gasteiger partial charge in [0.15, 0.2) is 0 Å². The molecule has 1 aliphatic rings. The van der Waals surface area contributed by atoms with Crippen LogP contribution in [0.3, 0.4) is 0 Å². The summed E-state index contributed by atoms with van der Waals surface area (Å²) in [5.74, 6) is -0.00134. The predicted molar refractivity (Wildman–Crippen MR) is 81.5 cm³/mol. The first-order valence-electron chi connectivity index (χ1n) is 6.54. The van der Waals surface area contributed by atoms with Crippen LogP contribution in [0, 0.1) is 0 Å². The number of halogens is 1. The first-order valence-corrected chi connectivity index (χ1v) is 6.92. The van der Waals surface area contributed by atoms with E-state index >= 15 is 0 Å². The standard InChI is InChI=1S/C16H10ClN3O/c17-14-8-18-11(7-19-14)9-20-13-6-2-4-10-3-1-5-12(15(10)13)16(20)21/h1-8H,9H2. The second-order valence-corrected chi connectivity index (χ2v) is 5.29. The molecule has 1 aromatic heterocycles. The molecule has 21 heavy (non-hydrogen) atoms. The minimum absolute atomic E-state index is 0.00134. The molecule has 3 aromatic rings. The van der Waals surface area contributed by atoms with E-state index in [0.29, 0.717) is 17.4 Å². The molecule has 0 atom stereocenters. The number of nitrogens with zero attached hydrogens (tertiary/aromatic N) is 3. The van der Waals surface area contributed by atoms with Gasteiger partial charge in [-0.05, 0) is 17.5 Å². The summed E-state index contributed by atoms with van der Waals surface area (Å²) in [5, 5.41) is 2.42. The summed E-state index contributed by atoms with van der Waals surface area (Å²) in [6.07, 6.45) is 3.09. The third-order valence-electron chi connectivity index (χ3n) is 3.64. The van der Waals surface area contributed by atoms with Gasteiger partial charge in [0, 0.05) is 10.9 Å². The van der Waals surface area contributed by atoms with Crippen LogP contribution >= 0.6 is 11.6 Å². The molecule has 0 saturated carbocycles. The molecule has 4 rings (SSSR count). The van der Waals surface area contributed by atoms with Crippen LogP contribution in [0.15, 0.2) is 48.8 Å². The fourth-order valence-electron chi connectivity index (χ4n) is 2.72. The zero-order valence-corrected chi connectivity index (χ0v) is 11.7. The van der Waals surface area contributed by atoms with E-state index in [1.54, 1.807) is 11.1 Å². The van der Waals surface area contributed by atoms with Gasteiger partial charge >= 0.3 is 0 Å². The number of carbonyl (C=O) groups is 1. The van der Waals surface area contributed by atoms with Gasteiger partial charge in [0.25, 0.3) is 5.91 Å². The fraction of sp³-hybridized carbons (Fsp3) is 0.0625. The average molecular weight is 296 g/mol. The molecule has 0 fully saturated rings. The lowest BCUT2D eigenvalue weighted by atomic mass is 10.1. The van der Waals surface area contributed by atoms with Crippen molar-refractivity contribution in [3.63, 3.8) is 0 Å². The molecular formula is C16H10ClN3O. The van der Waals surface area contributed by atoms with Crippen LogP contribution < -0.4 is 4.90 Å². The molecular weight excluding hydrogens is 286 g/mol. The molecule has 0 radical (unpaired) electrons. The Morgan fingerprint density at radius 2 is 1.86 bits per heavy atom. The van der Waals surface area contributed by atoms with Crippen molar-refractivity contribution in [1.29, 1.82) is 0 Å². The molecule has 0 unspecified atom stereocenters. The number of hydrogen-bond acceptors (Lipinski definition) is 3. The van der Waals surface area contributed by atoms with E-state index in [-0.39, 0.29) is 5.91 Å². The van der Waals surface area contributed by atoms with Crippen LogP contribution in [0.5, 0.6) is 0 Å². The van der Waals surface area contributed by atoms with Crippen molar-refractivity contribution in [1.82, 2.24) is 9.97 Å². The van der Waals surface area contributed by atoms with E-state index in [2.05, 4.69) is 9.97 Å². The maximum absolute atomic E-state index is 12.6. The summed E-state index contributed by atoms with van der Waals surface area (Å²) in [5.41, 5.74) is 2.37. The van der Waals surface area contributed by atoms with Crippen LogP contribution in [-0.2, 0) is 6.54 Å². The van der Waals surface area contributed by atoms with Crippen LogP contribution in [0.4, 0.5) is 5.69 Å². The largest absolute Gasteiger partial charge is 0.302 e. The van der Waals surface area contributed by atoms with Gasteiger partial charge in [0.1, 0.15) is 5.15 Å². The quantitative estimate of drug-likeness (QED) is 0.727. The Bertz CT molecular complexity index is 856. The summed E-state index contributed by atoms with van der Waals surface area (Å²) in [7, 11) is 0. The van der Waals surface area contributed by atoms with Crippen LogP contribution in [-0.4, -0.2) is 15.9 Å². The molecule has 2 aromatic carbocycles. The zero-order chi connectivity index (χ0) is 14.4. The SMILES string of the molecule is O=C1c2cccc3cccc(c23)N1Cc1cnc(Cl)cn1. The third kappa shape index (κ3) is 1.87. The van der Waals surface area contributed by atoms with Gasteiger partial charge in [-0.3, -0.25) is 9.78 Å². The normalized spacial score (nSPS) is 13.2. The second kappa shape index (κ2) is 4.53. The summed E-state index contributed by atoms with van der Waals surface area (Å²) in [4.78, 5) is 22.6. The molecule has 5 heteroatoms. The Hall–Kier alpha value is -2.46. The molecule has 0 saturated heterocycles. The van der Waals surface area contributed by atoms with E-state index in [9.17, 15) is 4.79 Å². The first-order chi connectivity index (χ1) is 10.2. The molecule has 0 spiro atoms. The van der Waals surface area contributed by atoms with Crippen molar-refractivity contribution in [2.45, 2.75) is 6.54 Å². The Kier molecular flexibility index (Phi) is 2.65. The fourth-order valence-corrected chi connectivity index (χ4v) is 2.82. The Balaban J connectivity index is 1.80. The molecule has 4 nitrogen and oxygen atoms in total. The first kappa shape index (κ1) is 12.3. The Morgan fingerprint density at radius 3 is 2.62 bits per heavy atom. The highest BCUT2D eigenvalue weighted by Gasteiger charge is 2.29. The molecule has 1 aliphatic heterocycles. The van der Waals surface area contributed by atoms with Gasteiger partial charge in [0.2, 0.25) is 0 Å². The Morgan fingerprint density at radius 1 is 1.05 bits per heavy atom. The number of anilines is 1. The van der Waals surface area contributed by atoms with Crippen molar-refractivity contribution in [3.05, 3.63) is 65.2 Å². The summed E-state index contributed by atoms with van der Waals surface area (Å²) >= 11 is 5.74. The number of aromatic nitrogens is 2. The van der Waals surface area contributed by atoms with Crippen molar-refractivity contribution >= 4 is 34.0 Å². The zero-order valence-electron chi connectivity index (χ0n) is 11.0. The molecule has 0 aliphatic carbocycles. The van der Waals surface area contributed by atoms with Crippen LogP contribution in [0.1, 0.15) is 16.1 Å². The lowest BCUT2D eigenvalue weighted by Crippen LogP contribution is -2.26. The molecule has 1 amide bonds. The molecule has 102 valence electrons. The highest BCUT2D eigenvalue weighted by atomic mass is 35.5. The van der Waals surface area contributed by atoms with Gasteiger partial charge in [-0.2, -0.15) is 0 Å².